The van der Waals surface area contributed by atoms with Crippen molar-refractivity contribution in [1.82, 2.24) is 15.1 Å². The molecule has 0 atom stereocenters. The van der Waals surface area contributed by atoms with Gasteiger partial charge >= 0.3 is 6.03 Å². The van der Waals surface area contributed by atoms with E-state index in [1.165, 1.54) is 5.69 Å². The van der Waals surface area contributed by atoms with Gasteiger partial charge in [0.1, 0.15) is 0 Å². The number of nitrogens with zero attached hydrogens (tertiary/aromatic N) is 3. The lowest BCUT2D eigenvalue weighted by Crippen LogP contribution is -2.32. The van der Waals surface area contributed by atoms with Crippen LogP contribution >= 0.6 is 0 Å². The summed E-state index contributed by atoms with van der Waals surface area (Å²) in [7, 11) is 2.05. The second kappa shape index (κ2) is 8.71. The van der Waals surface area contributed by atoms with Gasteiger partial charge in [-0.05, 0) is 36.8 Å². The lowest BCUT2D eigenvalue weighted by molar-refractivity contribution is 0.252. The Morgan fingerprint density at radius 1 is 1.08 bits per heavy atom. The quantitative estimate of drug-likeness (QED) is 0.642. The van der Waals surface area contributed by atoms with Crippen molar-refractivity contribution < 1.29 is 4.79 Å². The fraction of sp³-hybridized carbons (Fsp3) is 0.200. The molecule has 2 N–H and O–H groups in total. The number of nitrogens with one attached hydrogen (secondary N) is 2. The molecule has 2 aromatic carbocycles. The monoisotopic (exact) mass is 349 g/mol. The first-order valence-electron chi connectivity index (χ1n) is 8.64. The van der Waals surface area contributed by atoms with Crippen LogP contribution in [0.1, 0.15) is 6.42 Å². The second-order valence-electron chi connectivity index (χ2n) is 5.96. The van der Waals surface area contributed by atoms with Crippen molar-refractivity contribution in [2.45, 2.75) is 6.42 Å². The van der Waals surface area contributed by atoms with E-state index >= 15 is 0 Å². The molecule has 0 unspecified atom stereocenters. The maximum Gasteiger partial charge on any atom is 0.319 e. The molecule has 6 heteroatoms. The average molecular weight is 349 g/mol. The smallest absolute Gasteiger partial charge is 0.319 e. The van der Waals surface area contributed by atoms with Gasteiger partial charge in [0.2, 0.25) is 0 Å². The van der Waals surface area contributed by atoms with Gasteiger partial charge in [-0.15, -0.1) is 0 Å². The van der Waals surface area contributed by atoms with Crippen LogP contribution in [0.5, 0.6) is 0 Å². The van der Waals surface area contributed by atoms with Crippen LogP contribution in [0.3, 0.4) is 0 Å². The second-order valence-corrected chi connectivity index (χ2v) is 5.96. The Labute approximate surface area is 153 Å². The predicted molar refractivity (Wildman–Crippen MR) is 105 cm³/mol. The Balaban J connectivity index is 1.47. The van der Waals surface area contributed by atoms with Crippen LogP contribution in [0.25, 0.3) is 5.69 Å². The minimum Gasteiger partial charge on any atom is -0.375 e. The number of amides is 2. The molecule has 3 aromatic rings. The van der Waals surface area contributed by atoms with E-state index in [4.69, 9.17) is 0 Å². The Morgan fingerprint density at radius 2 is 1.85 bits per heavy atom. The summed E-state index contributed by atoms with van der Waals surface area (Å²) in [5.74, 6) is 0. The minimum atomic E-state index is -0.216. The van der Waals surface area contributed by atoms with Crippen molar-refractivity contribution in [3.63, 3.8) is 0 Å². The summed E-state index contributed by atoms with van der Waals surface area (Å²) in [6, 6.07) is 19.4. The largest absolute Gasteiger partial charge is 0.375 e. The SMILES string of the molecule is CN(CCCNC(=O)Nc1ccccc1-n1cccn1)c1ccccc1. The molecule has 6 nitrogen and oxygen atoms in total. The third kappa shape index (κ3) is 4.63. The van der Waals surface area contributed by atoms with Crippen molar-refractivity contribution in [1.29, 1.82) is 0 Å². The highest BCUT2D eigenvalue weighted by Gasteiger charge is 2.08. The van der Waals surface area contributed by atoms with Crippen LogP contribution in [0.15, 0.2) is 73.1 Å². The molecule has 0 saturated heterocycles. The van der Waals surface area contributed by atoms with Gasteiger partial charge in [0.15, 0.2) is 0 Å². The van der Waals surface area contributed by atoms with E-state index < -0.39 is 0 Å². The zero-order valence-corrected chi connectivity index (χ0v) is 14.8. The molecule has 2 amide bonds. The number of rotatable bonds is 7. The summed E-state index contributed by atoms with van der Waals surface area (Å²) < 4.78 is 1.73. The number of hydrogen-bond donors (Lipinski definition) is 2. The van der Waals surface area contributed by atoms with Crippen molar-refractivity contribution in [3.05, 3.63) is 73.1 Å². The molecule has 1 heterocycles. The Bertz CT molecular complexity index is 817. The molecule has 0 aliphatic heterocycles. The molecule has 0 saturated carbocycles. The van der Waals surface area contributed by atoms with Crippen LogP contribution < -0.4 is 15.5 Å². The molecule has 0 bridgehead atoms. The molecule has 134 valence electrons. The zero-order valence-electron chi connectivity index (χ0n) is 14.8. The summed E-state index contributed by atoms with van der Waals surface area (Å²) in [5, 5.41) is 10.0. The maximum atomic E-state index is 12.2. The van der Waals surface area contributed by atoms with Crippen molar-refractivity contribution in [2.75, 3.05) is 30.4 Å². The predicted octanol–water partition coefficient (Wildman–Crippen LogP) is 3.52. The van der Waals surface area contributed by atoms with Crippen molar-refractivity contribution in [2.24, 2.45) is 0 Å². The Kier molecular flexibility index (Phi) is 5.88. The normalized spacial score (nSPS) is 10.3. The number of hydrogen-bond acceptors (Lipinski definition) is 3. The number of carbonyl (C=O) groups excluding carboxylic acids is 1. The summed E-state index contributed by atoms with van der Waals surface area (Å²) in [6.07, 6.45) is 4.41. The first-order chi connectivity index (χ1) is 12.7. The Morgan fingerprint density at radius 3 is 2.62 bits per heavy atom. The number of benzene rings is 2. The molecule has 1 aromatic heterocycles. The van der Waals surface area contributed by atoms with E-state index in [1.807, 2.05) is 54.7 Å². The van der Waals surface area contributed by atoms with Crippen LogP contribution in [-0.2, 0) is 0 Å². The molecular formula is C20H23N5O. The molecule has 3 rings (SSSR count). The molecule has 0 fully saturated rings. The summed E-state index contributed by atoms with van der Waals surface area (Å²) >= 11 is 0. The fourth-order valence-corrected chi connectivity index (χ4v) is 2.69. The molecule has 26 heavy (non-hydrogen) atoms. The highest BCUT2D eigenvalue weighted by atomic mass is 16.2. The van der Waals surface area contributed by atoms with Crippen LogP contribution in [0, 0.1) is 0 Å². The highest BCUT2D eigenvalue weighted by Crippen LogP contribution is 2.18. The van der Waals surface area contributed by atoms with Crippen molar-refractivity contribution >= 4 is 17.4 Å². The molecular weight excluding hydrogens is 326 g/mol. The van der Waals surface area contributed by atoms with Gasteiger partial charge in [0, 0.05) is 38.2 Å². The topological polar surface area (TPSA) is 62.2 Å². The van der Waals surface area contributed by atoms with Crippen LogP contribution in [0.2, 0.25) is 0 Å². The first kappa shape index (κ1) is 17.5. The van der Waals surface area contributed by atoms with E-state index in [9.17, 15) is 4.79 Å². The van der Waals surface area contributed by atoms with E-state index in [0.29, 0.717) is 6.54 Å². The average Bonchev–Trinajstić information content (AvgIpc) is 3.21. The third-order valence-corrected chi connectivity index (χ3v) is 4.06. The number of anilines is 2. The zero-order chi connectivity index (χ0) is 18.2. The number of para-hydroxylation sites is 3. The molecule has 0 aliphatic carbocycles. The molecule has 0 radical (unpaired) electrons. The number of carbonyl (C=O) groups is 1. The van der Waals surface area contributed by atoms with Gasteiger partial charge in [-0.1, -0.05) is 30.3 Å². The van der Waals surface area contributed by atoms with E-state index in [2.05, 4.69) is 39.8 Å². The van der Waals surface area contributed by atoms with Gasteiger partial charge in [0.25, 0.3) is 0 Å². The van der Waals surface area contributed by atoms with E-state index in [1.54, 1.807) is 10.9 Å². The lowest BCUT2D eigenvalue weighted by atomic mass is 10.2. The van der Waals surface area contributed by atoms with E-state index in [0.717, 1.165) is 24.3 Å². The van der Waals surface area contributed by atoms with Crippen LogP contribution in [0.4, 0.5) is 16.2 Å². The van der Waals surface area contributed by atoms with Gasteiger partial charge in [-0.3, -0.25) is 0 Å². The first-order valence-corrected chi connectivity index (χ1v) is 8.64. The summed E-state index contributed by atoms with van der Waals surface area (Å²) in [6.45, 7) is 1.47. The highest BCUT2D eigenvalue weighted by molar-refractivity contribution is 5.91. The third-order valence-electron chi connectivity index (χ3n) is 4.06. The standard InChI is InChI=1S/C20H23N5O/c1-24(17-9-3-2-4-10-17)15-7-13-21-20(26)23-18-11-5-6-12-19(18)25-16-8-14-22-25/h2-6,8-12,14,16H,7,13,15H2,1H3,(H2,21,23,26). The van der Waals surface area contributed by atoms with Gasteiger partial charge < -0.3 is 15.5 Å². The number of aromatic nitrogens is 2. The summed E-state index contributed by atoms with van der Waals surface area (Å²) in [5.41, 5.74) is 2.72. The fourth-order valence-electron chi connectivity index (χ4n) is 2.69. The number of urea groups is 1. The van der Waals surface area contributed by atoms with Gasteiger partial charge in [0.05, 0.1) is 11.4 Å². The minimum absolute atomic E-state index is 0.216. The molecule has 0 aliphatic rings. The Hall–Kier alpha value is -3.28. The lowest BCUT2D eigenvalue weighted by Gasteiger charge is -2.19. The maximum absolute atomic E-state index is 12.2. The van der Waals surface area contributed by atoms with E-state index in [-0.39, 0.29) is 6.03 Å². The van der Waals surface area contributed by atoms with Gasteiger partial charge in [-0.2, -0.15) is 5.10 Å². The van der Waals surface area contributed by atoms with Crippen LogP contribution in [-0.4, -0.2) is 35.9 Å². The summed E-state index contributed by atoms with van der Waals surface area (Å²) in [4.78, 5) is 14.4. The molecule has 0 spiro atoms. The van der Waals surface area contributed by atoms with Gasteiger partial charge in [-0.25, -0.2) is 9.48 Å². The van der Waals surface area contributed by atoms with Crippen molar-refractivity contribution in [3.8, 4) is 5.69 Å².